The lowest BCUT2D eigenvalue weighted by Gasteiger charge is -2.23. The van der Waals surface area contributed by atoms with Crippen molar-refractivity contribution in [2.24, 2.45) is 5.92 Å². The van der Waals surface area contributed by atoms with E-state index < -0.39 is 27.3 Å². The van der Waals surface area contributed by atoms with Crippen LogP contribution >= 0.6 is 0 Å². The fourth-order valence-electron chi connectivity index (χ4n) is 1.27. The van der Waals surface area contributed by atoms with Crippen LogP contribution in [0.3, 0.4) is 0 Å². The lowest BCUT2D eigenvalue weighted by molar-refractivity contribution is -0.139. The van der Waals surface area contributed by atoms with Gasteiger partial charge in [-0.1, -0.05) is 13.8 Å². The van der Waals surface area contributed by atoms with Crippen molar-refractivity contribution < 1.29 is 23.1 Å². The largest absolute Gasteiger partial charge is 0.468 e. The number of ether oxygens (including phenoxy) is 1. The molecule has 6 nitrogen and oxygen atoms in total. The molecule has 0 bridgehead atoms. The van der Waals surface area contributed by atoms with Gasteiger partial charge in [-0.05, 0) is 19.3 Å². The van der Waals surface area contributed by atoms with Crippen LogP contribution in [-0.2, 0) is 19.6 Å². The van der Waals surface area contributed by atoms with Crippen molar-refractivity contribution in [3.63, 3.8) is 0 Å². The van der Waals surface area contributed by atoms with Crippen molar-refractivity contribution in [1.82, 2.24) is 4.72 Å². The Morgan fingerprint density at radius 2 is 1.88 bits per heavy atom. The number of nitrogens with one attached hydrogen (secondary N) is 1. The summed E-state index contributed by atoms with van der Waals surface area (Å²) in [5.41, 5.74) is 0. The molecule has 0 aromatic carbocycles. The molecule has 17 heavy (non-hydrogen) atoms. The number of rotatable bonds is 7. The number of hydrogen-bond donors (Lipinski definition) is 2. The first-order chi connectivity index (χ1) is 7.76. The highest BCUT2D eigenvalue weighted by atomic mass is 32.2. The number of aliphatic hydroxyl groups is 1. The maximum atomic E-state index is 11.8. The van der Waals surface area contributed by atoms with Crippen molar-refractivity contribution in [1.29, 1.82) is 0 Å². The average molecular weight is 267 g/mol. The highest BCUT2D eigenvalue weighted by Gasteiger charge is 2.31. The van der Waals surface area contributed by atoms with Gasteiger partial charge < -0.3 is 9.84 Å². The third-order valence-electron chi connectivity index (χ3n) is 2.56. The normalized spacial score (nSPS) is 15.6. The number of esters is 1. The predicted molar refractivity (Wildman–Crippen MR) is 63.9 cm³/mol. The second-order valence-electron chi connectivity index (χ2n) is 4.19. The number of carbonyl (C=O) groups is 1. The lowest BCUT2D eigenvalue weighted by Crippen LogP contribution is -2.45. The van der Waals surface area contributed by atoms with Crippen LogP contribution in [0.15, 0.2) is 0 Å². The number of hydrogen-bond acceptors (Lipinski definition) is 5. The molecule has 7 heteroatoms. The van der Waals surface area contributed by atoms with Gasteiger partial charge in [-0.25, -0.2) is 13.1 Å². The standard InChI is InChI=1S/C10H21NO5S/c1-7(2)9(5-6-12)11-17(14,15)8(3)10(13)16-4/h7-9,11-12H,5-6H2,1-4H3. The summed E-state index contributed by atoms with van der Waals surface area (Å²) in [4.78, 5) is 11.2. The van der Waals surface area contributed by atoms with Crippen LogP contribution in [0.1, 0.15) is 27.2 Å². The van der Waals surface area contributed by atoms with E-state index >= 15 is 0 Å². The van der Waals surface area contributed by atoms with Gasteiger partial charge in [0.2, 0.25) is 10.0 Å². The van der Waals surface area contributed by atoms with E-state index in [1.807, 2.05) is 13.8 Å². The molecule has 0 aromatic heterocycles. The molecule has 0 saturated carbocycles. The summed E-state index contributed by atoms with van der Waals surface area (Å²) >= 11 is 0. The first-order valence-corrected chi connectivity index (χ1v) is 7.00. The van der Waals surface area contributed by atoms with Gasteiger partial charge in [0.15, 0.2) is 5.25 Å². The minimum atomic E-state index is -3.77. The van der Waals surface area contributed by atoms with E-state index in [9.17, 15) is 13.2 Å². The van der Waals surface area contributed by atoms with Gasteiger partial charge in [0.25, 0.3) is 0 Å². The van der Waals surface area contributed by atoms with Crippen LogP contribution < -0.4 is 4.72 Å². The van der Waals surface area contributed by atoms with Crippen LogP contribution in [0.2, 0.25) is 0 Å². The Morgan fingerprint density at radius 1 is 1.35 bits per heavy atom. The maximum Gasteiger partial charge on any atom is 0.325 e. The molecule has 0 radical (unpaired) electrons. The van der Waals surface area contributed by atoms with Crippen molar-refractivity contribution in [3.8, 4) is 0 Å². The van der Waals surface area contributed by atoms with E-state index in [0.29, 0.717) is 6.42 Å². The summed E-state index contributed by atoms with van der Waals surface area (Å²) in [6, 6.07) is -0.392. The van der Waals surface area contributed by atoms with Gasteiger partial charge in [0, 0.05) is 12.6 Å². The minimum absolute atomic E-state index is 0.0294. The Kier molecular flexibility index (Phi) is 6.66. The van der Waals surface area contributed by atoms with Gasteiger partial charge in [-0.2, -0.15) is 0 Å². The van der Waals surface area contributed by atoms with Gasteiger partial charge in [-0.3, -0.25) is 4.79 Å². The Hall–Kier alpha value is -0.660. The van der Waals surface area contributed by atoms with E-state index in [2.05, 4.69) is 9.46 Å². The average Bonchev–Trinajstić information content (AvgIpc) is 2.26. The molecule has 0 aromatic rings. The molecule has 0 heterocycles. The van der Waals surface area contributed by atoms with Crippen LogP contribution in [0, 0.1) is 5.92 Å². The zero-order valence-corrected chi connectivity index (χ0v) is 11.5. The van der Waals surface area contributed by atoms with Gasteiger partial charge in [0.1, 0.15) is 0 Å². The summed E-state index contributed by atoms with van der Waals surface area (Å²) in [6.07, 6.45) is 0.310. The molecule has 0 fully saturated rings. The van der Waals surface area contributed by atoms with Crippen molar-refractivity contribution in [2.75, 3.05) is 13.7 Å². The number of carbonyl (C=O) groups excluding carboxylic acids is 1. The third kappa shape index (κ3) is 5.01. The monoisotopic (exact) mass is 267 g/mol. The zero-order chi connectivity index (χ0) is 13.6. The van der Waals surface area contributed by atoms with E-state index in [-0.39, 0.29) is 12.5 Å². The van der Waals surface area contributed by atoms with Crippen molar-refractivity contribution >= 4 is 16.0 Å². The summed E-state index contributed by atoms with van der Waals surface area (Å²) in [6.45, 7) is 4.83. The van der Waals surface area contributed by atoms with Crippen LogP contribution in [0.4, 0.5) is 0 Å². The first-order valence-electron chi connectivity index (χ1n) is 5.46. The molecule has 2 atom stereocenters. The van der Waals surface area contributed by atoms with Crippen LogP contribution in [0.5, 0.6) is 0 Å². The number of methoxy groups -OCH3 is 1. The van der Waals surface area contributed by atoms with Crippen molar-refractivity contribution in [3.05, 3.63) is 0 Å². The molecule has 0 aliphatic carbocycles. The van der Waals surface area contributed by atoms with Crippen LogP contribution in [0.25, 0.3) is 0 Å². The second kappa shape index (κ2) is 6.93. The fourth-order valence-corrected chi connectivity index (χ4v) is 2.64. The van der Waals surface area contributed by atoms with Gasteiger partial charge >= 0.3 is 5.97 Å². The molecule has 0 amide bonds. The van der Waals surface area contributed by atoms with Gasteiger partial charge in [-0.15, -0.1) is 0 Å². The summed E-state index contributed by atoms with van der Waals surface area (Å²) in [5.74, 6) is -0.772. The first kappa shape index (κ1) is 16.3. The topological polar surface area (TPSA) is 92.7 Å². The smallest absolute Gasteiger partial charge is 0.325 e. The SMILES string of the molecule is COC(=O)C(C)S(=O)(=O)NC(CCO)C(C)C. The molecule has 0 rings (SSSR count). The van der Waals surface area contributed by atoms with E-state index in [0.717, 1.165) is 7.11 Å². The molecular weight excluding hydrogens is 246 g/mol. The summed E-state index contributed by atoms with van der Waals surface area (Å²) in [5, 5.41) is 7.59. The molecule has 2 unspecified atom stereocenters. The quantitative estimate of drug-likeness (QED) is 0.627. The lowest BCUT2D eigenvalue weighted by atomic mass is 10.0. The molecule has 102 valence electrons. The Morgan fingerprint density at radius 3 is 2.24 bits per heavy atom. The van der Waals surface area contributed by atoms with E-state index in [4.69, 9.17) is 5.11 Å². The predicted octanol–water partition coefficient (Wildman–Crippen LogP) is -0.126. The van der Waals surface area contributed by atoms with E-state index in [1.54, 1.807) is 0 Å². The maximum absolute atomic E-state index is 11.8. The minimum Gasteiger partial charge on any atom is -0.468 e. The molecule has 0 saturated heterocycles. The second-order valence-corrected chi connectivity index (χ2v) is 6.22. The Labute approximate surface area is 102 Å². The van der Waals surface area contributed by atoms with Crippen LogP contribution in [-0.4, -0.2) is 44.5 Å². The molecule has 0 spiro atoms. The Bertz CT molecular complexity index is 339. The third-order valence-corrected chi connectivity index (χ3v) is 4.31. The van der Waals surface area contributed by atoms with Crippen molar-refractivity contribution in [2.45, 2.75) is 38.5 Å². The van der Waals surface area contributed by atoms with Gasteiger partial charge in [0.05, 0.1) is 7.11 Å². The summed E-state index contributed by atoms with van der Waals surface area (Å²) in [7, 11) is -2.63. The molecule has 0 aliphatic heterocycles. The Balaban J connectivity index is 4.77. The molecule has 0 aliphatic rings. The molecule has 2 N–H and O–H groups in total. The zero-order valence-electron chi connectivity index (χ0n) is 10.6. The highest BCUT2D eigenvalue weighted by Crippen LogP contribution is 2.10. The number of aliphatic hydroxyl groups excluding tert-OH is 1. The number of sulfonamides is 1. The highest BCUT2D eigenvalue weighted by molar-refractivity contribution is 7.90. The fraction of sp³-hybridized carbons (Fsp3) is 0.900. The van der Waals surface area contributed by atoms with E-state index in [1.165, 1.54) is 6.92 Å². The summed E-state index contributed by atoms with van der Waals surface area (Å²) < 4.78 is 30.5. The molecular formula is C10H21NO5S.